The van der Waals surface area contributed by atoms with Crippen LogP contribution in [-0.4, -0.2) is 27.4 Å². The minimum Gasteiger partial charge on any atom is -0.493 e. The molecule has 0 radical (unpaired) electrons. The van der Waals surface area contributed by atoms with E-state index in [1.165, 1.54) is 0 Å². The van der Waals surface area contributed by atoms with E-state index < -0.39 is 14.2 Å². The summed E-state index contributed by atoms with van der Waals surface area (Å²) in [4.78, 5) is 0. The minimum absolute atomic E-state index is 0.543. The Morgan fingerprint density at radius 1 is 1.20 bits per heavy atom. The topological polar surface area (TPSA) is 38.7 Å². The monoisotopic (exact) mass is 294 g/mol. The maximum absolute atomic E-state index is 10.3. The Hall–Kier alpha value is -1.26. The highest BCUT2D eigenvalue weighted by Gasteiger charge is 2.18. The molecule has 0 saturated heterocycles. The van der Waals surface area contributed by atoms with E-state index in [9.17, 15) is 5.11 Å². The van der Waals surface area contributed by atoms with Gasteiger partial charge in [0.2, 0.25) is 0 Å². The summed E-state index contributed by atoms with van der Waals surface area (Å²) in [7, 11) is 2.02. The molecule has 0 aliphatic carbocycles. The number of rotatable bonds is 7. The molecule has 0 spiro atoms. The summed E-state index contributed by atoms with van der Waals surface area (Å²) in [6.07, 6.45) is 0.0541. The zero-order valence-corrected chi connectivity index (χ0v) is 14.2. The second-order valence-corrected chi connectivity index (χ2v) is 11.8. The second kappa shape index (κ2) is 6.95. The Balaban J connectivity index is 2.77. The van der Waals surface area contributed by atoms with Crippen molar-refractivity contribution in [2.24, 2.45) is 0 Å². The Morgan fingerprint density at radius 2 is 1.80 bits per heavy atom. The molecule has 0 bridgehead atoms. The van der Waals surface area contributed by atoms with Crippen LogP contribution in [0.3, 0.4) is 0 Å². The van der Waals surface area contributed by atoms with Gasteiger partial charge in [0.15, 0.2) is 11.5 Å². The summed E-state index contributed by atoms with van der Waals surface area (Å²) >= 11 is 0. The highest BCUT2D eigenvalue weighted by molar-refractivity contribution is 6.76. The van der Waals surface area contributed by atoms with Gasteiger partial charge in [0.25, 0.3) is 0 Å². The van der Waals surface area contributed by atoms with Crippen molar-refractivity contribution in [1.29, 1.82) is 0 Å². The molecule has 1 atom stereocenters. The highest BCUT2D eigenvalue weighted by Crippen LogP contribution is 2.32. The first kappa shape index (κ1) is 16.8. The van der Waals surface area contributed by atoms with Crippen molar-refractivity contribution in [3.8, 4) is 11.5 Å². The molecule has 4 heteroatoms. The van der Waals surface area contributed by atoms with Crippen LogP contribution in [0, 0.1) is 0 Å². The third-order valence-corrected chi connectivity index (χ3v) is 4.62. The molecule has 3 nitrogen and oxygen atoms in total. The quantitative estimate of drug-likeness (QED) is 0.610. The fourth-order valence-corrected chi connectivity index (χ4v) is 3.92. The molecule has 20 heavy (non-hydrogen) atoms. The van der Waals surface area contributed by atoms with Gasteiger partial charge in [-0.3, -0.25) is 0 Å². The molecule has 0 heterocycles. The zero-order valence-electron chi connectivity index (χ0n) is 13.2. The molecule has 1 rings (SSSR count). The molecular weight excluding hydrogens is 268 g/mol. The Bertz CT molecular complexity index is 463. The van der Waals surface area contributed by atoms with Crippen LogP contribution in [0.5, 0.6) is 11.5 Å². The van der Waals surface area contributed by atoms with Gasteiger partial charge in [0, 0.05) is 8.07 Å². The van der Waals surface area contributed by atoms with Crippen molar-refractivity contribution in [2.45, 2.75) is 38.2 Å². The summed E-state index contributed by atoms with van der Waals surface area (Å²) in [5.41, 5.74) is 1.95. The highest BCUT2D eigenvalue weighted by atomic mass is 28.3. The summed E-state index contributed by atoms with van der Waals surface area (Å²) in [6.45, 7) is 11.0. The number of methoxy groups -OCH3 is 2. The van der Waals surface area contributed by atoms with Crippen molar-refractivity contribution in [3.05, 3.63) is 35.9 Å². The van der Waals surface area contributed by atoms with Crippen LogP contribution in [-0.2, 0) is 0 Å². The van der Waals surface area contributed by atoms with E-state index in [4.69, 9.17) is 9.47 Å². The molecule has 1 N–H and O–H groups in total. The predicted molar refractivity (Wildman–Crippen MR) is 86.4 cm³/mol. The number of ether oxygens (including phenoxy) is 2. The minimum atomic E-state index is -1.18. The van der Waals surface area contributed by atoms with Crippen molar-refractivity contribution >= 4 is 8.07 Å². The summed E-state index contributed by atoms with van der Waals surface area (Å²) < 4.78 is 10.5. The molecule has 0 aliphatic rings. The van der Waals surface area contributed by atoms with Gasteiger partial charge in [-0.2, -0.15) is 0 Å². The number of aliphatic hydroxyl groups excluding tert-OH is 1. The molecular formula is C16H26O3Si. The Labute approximate surface area is 123 Å². The normalized spacial score (nSPS) is 12.9. The molecule has 1 unspecified atom stereocenters. The van der Waals surface area contributed by atoms with Crippen molar-refractivity contribution in [1.82, 2.24) is 0 Å². The van der Waals surface area contributed by atoms with E-state index >= 15 is 0 Å². The van der Waals surface area contributed by atoms with Crippen LogP contribution in [0.2, 0.25) is 25.7 Å². The van der Waals surface area contributed by atoms with Gasteiger partial charge in [-0.1, -0.05) is 31.3 Å². The van der Waals surface area contributed by atoms with E-state index in [1.807, 2.05) is 18.2 Å². The lowest BCUT2D eigenvalue weighted by atomic mass is 10.0. The summed E-state index contributed by atoms with van der Waals surface area (Å²) in [5.74, 6) is 1.31. The van der Waals surface area contributed by atoms with Gasteiger partial charge in [-0.15, -0.1) is 6.58 Å². The average molecular weight is 294 g/mol. The molecule has 0 aromatic heterocycles. The van der Waals surface area contributed by atoms with Crippen LogP contribution in [0.4, 0.5) is 0 Å². The second-order valence-electron chi connectivity index (χ2n) is 6.32. The van der Waals surface area contributed by atoms with Crippen LogP contribution >= 0.6 is 0 Å². The fraction of sp³-hybridized carbons (Fsp3) is 0.500. The van der Waals surface area contributed by atoms with E-state index in [0.717, 1.165) is 17.2 Å². The molecule has 1 aromatic carbocycles. The largest absolute Gasteiger partial charge is 0.493 e. The van der Waals surface area contributed by atoms with E-state index in [2.05, 4.69) is 26.2 Å². The lowest BCUT2D eigenvalue weighted by Gasteiger charge is -2.20. The van der Waals surface area contributed by atoms with Gasteiger partial charge in [0.1, 0.15) is 0 Å². The predicted octanol–water partition coefficient (Wildman–Crippen LogP) is 4.02. The average Bonchev–Trinajstić information content (AvgIpc) is 2.35. The van der Waals surface area contributed by atoms with Gasteiger partial charge < -0.3 is 14.6 Å². The van der Waals surface area contributed by atoms with Gasteiger partial charge in [0.05, 0.1) is 20.3 Å². The SMILES string of the molecule is C=C(CC(O)c1ccc(OC)c(OC)c1)C[Si](C)(C)C. The number of hydrogen-bond acceptors (Lipinski definition) is 3. The zero-order chi connectivity index (χ0) is 15.3. The molecule has 0 saturated carbocycles. The Morgan fingerprint density at radius 3 is 2.30 bits per heavy atom. The first-order valence-electron chi connectivity index (χ1n) is 6.83. The third kappa shape index (κ3) is 5.02. The third-order valence-electron chi connectivity index (χ3n) is 3.05. The fourth-order valence-electron chi connectivity index (χ4n) is 2.27. The lowest BCUT2D eigenvalue weighted by molar-refractivity contribution is 0.178. The molecule has 0 amide bonds. The number of hydrogen-bond donors (Lipinski definition) is 1. The number of benzene rings is 1. The molecule has 1 aromatic rings. The van der Waals surface area contributed by atoms with Crippen LogP contribution in [0.1, 0.15) is 18.1 Å². The smallest absolute Gasteiger partial charge is 0.161 e. The standard InChI is InChI=1S/C16H26O3Si/c1-12(11-20(4,5)6)9-14(17)13-7-8-15(18-2)16(10-13)19-3/h7-8,10,14,17H,1,9,11H2,2-6H3. The molecule has 112 valence electrons. The summed E-state index contributed by atoms with van der Waals surface area (Å²) in [5, 5.41) is 10.3. The first-order valence-corrected chi connectivity index (χ1v) is 10.5. The maximum Gasteiger partial charge on any atom is 0.161 e. The molecule has 0 aliphatic heterocycles. The molecule has 0 fully saturated rings. The van der Waals surface area contributed by atoms with E-state index in [-0.39, 0.29) is 0 Å². The maximum atomic E-state index is 10.3. The van der Waals surface area contributed by atoms with Crippen LogP contribution < -0.4 is 9.47 Å². The first-order chi connectivity index (χ1) is 9.26. The summed E-state index contributed by atoms with van der Waals surface area (Å²) in [6, 6.07) is 6.55. The lowest BCUT2D eigenvalue weighted by Crippen LogP contribution is -2.20. The van der Waals surface area contributed by atoms with E-state index in [1.54, 1.807) is 14.2 Å². The van der Waals surface area contributed by atoms with Crippen molar-refractivity contribution in [3.63, 3.8) is 0 Å². The van der Waals surface area contributed by atoms with Crippen molar-refractivity contribution in [2.75, 3.05) is 14.2 Å². The van der Waals surface area contributed by atoms with E-state index in [0.29, 0.717) is 17.9 Å². The van der Waals surface area contributed by atoms with Crippen molar-refractivity contribution < 1.29 is 14.6 Å². The Kier molecular flexibility index (Phi) is 5.83. The van der Waals surface area contributed by atoms with Crippen LogP contribution in [0.15, 0.2) is 30.4 Å². The number of aliphatic hydroxyl groups is 1. The van der Waals surface area contributed by atoms with Gasteiger partial charge in [-0.25, -0.2) is 0 Å². The van der Waals surface area contributed by atoms with Gasteiger partial charge >= 0.3 is 0 Å². The van der Waals surface area contributed by atoms with Crippen LogP contribution in [0.25, 0.3) is 0 Å². The van der Waals surface area contributed by atoms with Gasteiger partial charge in [-0.05, 0) is 30.2 Å².